The number of nitrogens with zero attached hydrogens (tertiary/aromatic N) is 2. The largest absolute Gasteiger partial charge is 0.481 e. The van der Waals surface area contributed by atoms with Crippen molar-refractivity contribution in [3.05, 3.63) is 65.4 Å². The zero-order valence-electron chi connectivity index (χ0n) is 20.6. The number of nitrogens with one attached hydrogen (secondary N) is 1. The molecule has 1 aliphatic heterocycles. The Kier molecular flexibility index (Phi) is 8.13. The van der Waals surface area contributed by atoms with Crippen molar-refractivity contribution in [1.29, 1.82) is 0 Å². The van der Waals surface area contributed by atoms with Gasteiger partial charge in [-0.1, -0.05) is 78.9 Å². The van der Waals surface area contributed by atoms with E-state index in [9.17, 15) is 9.90 Å². The van der Waals surface area contributed by atoms with Crippen molar-refractivity contribution >= 4 is 11.8 Å². The van der Waals surface area contributed by atoms with E-state index in [-0.39, 0.29) is 25.0 Å². The Morgan fingerprint density at radius 3 is 2.03 bits per heavy atom. The van der Waals surface area contributed by atoms with Crippen LogP contribution in [0.3, 0.4) is 0 Å². The van der Waals surface area contributed by atoms with Crippen molar-refractivity contribution in [2.75, 3.05) is 11.9 Å². The second kappa shape index (κ2) is 11.5. The fraction of sp³-hybridized carbons (Fsp3) is 0.414. The molecule has 1 aromatic heterocycles. The van der Waals surface area contributed by atoms with Gasteiger partial charge in [0.15, 0.2) is 0 Å². The summed E-state index contributed by atoms with van der Waals surface area (Å²) in [5.74, 6) is 0.146. The van der Waals surface area contributed by atoms with Gasteiger partial charge in [0, 0.05) is 42.5 Å². The maximum atomic E-state index is 10.7. The van der Waals surface area contributed by atoms with Gasteiger partial charge in [-0.15, -0.1) is 0 Å². The Balaban J connectivity index is 1.59. The number of rotatable bonds is 10. The number of aliphatic hydroxyl groups is 1. The van der Waals surface area contributed by atoms with Crippen LogP contribution in [-0.4, -0.2) is 38.8 Å². The van der Waals surface area contributed by atoms with Crippen LogP contribution in [0.1, 0.15) is 55.3 Å². The first kappa shape index (κ1) is 24.9. The summed E-state index contributed by atoms with van der Waals surface area (Å²) in [6.45, 7) is 4.24. The van der Waals surface area contributed by atoms with E-state index in [0.717, 1.165) is 59.7 Å². The molecule has 6 heteroatoms. The second-order valence-corrected chi connectivity index (χ2v) is 9.69. The highest BCUT2D eigenvalue weighted by Crippen LogP contribution is 2.36. The van der Waals surface area contributed by atoms with E-state index < -0.39 is 5.97 Å². The summed E-state index contributed by atoms with van der Waals surface area (Å²) >= 11 is 0. The molecular weight excluding hydrogens is 438 g/mol. The van der Waals surface area contributed by atoms with Gasteiger partial charge in [-0.3, -0.25) is 4.79 Å². The monoisotopic (exact) mass is 473 g/mol. The van der Waals surface area contributed by atoms with E-state index in [1.54, 1.807) is 0 Å². The van der Waals surface area contributed by atoms with Crippen LogP contribution in [0.5, 0.6) is 0 Å². The molecule has 3 N–H and O–H groups in total. The third-order valence-electron chi connectivity index (χ3n) is 6.85. The summed E-state index contributed by atoms with van der Waals surface area (Å²) in [6.07, 6.45) is 5.44. The zero-order valence-corrected chi connectivity index (χ0v) is 20.6. The van der Waals surface area contributed by atoms with Crippen molar-refractivity contribution in [3.8, 4) is 22.5 Å². The van der Waals surface area contributed by atoms with Crippen molar-refractivity contribution in [1.82, 2.24) is 9.97 Å². The number of hydrogen-bond acceptors (Lipinski definition) is 5. The molecule has 6 nitrogen and oxygen atoms in total. The van der Waals surface area contributed by atoms with Gasteiger partial charge < -0.3 is 15.5 Å². The first-order chi connectivity index (χ1) is 16.9. The fourth-order valence-corrected chi connectivity index (χ4v) is 4.73. The Morgan fingerprint density at radius 1 is 0.886 bits per heavy atom. The van der Waals surface area contributed by atoms with Crippen LogP contribution < -0.4 is 5.32 Å². The van der Waals surface area contributed by atoms with Gasteiger partial charge in [0.1, 0.15) is 5.82 Å². The molecule has 0 fully saturated rings. The minimum atomic E-state index is -0.733. The van der Waals surface area contributed by atoms with Crippen LogP contribution >= 0.6 is 0 Å². The molecule has 0 saturated heterocycles. The number of unbranched alkanes of at least 4 members (excludes halogenated alkanes) is 3. The van der Waals surface area contributed by atoms with Gasteiger partial charge in [-0.2, -0.15) is 0 Å². The Morgan fingerprint density at radius 2 is 1.46 bits per heavy atom. The number of carboxylic acids is 1. The molecule has 184 valence electrons. The quantitative estimate of drug-likeness (QED) is 0.322. The summed E-state index contributed by atoms with van der Waals surface area (Å²) in [5, 5.41) is 22.5. The van der Waals surface area contributed by atoms with Crippen LogP contribution in [0.15, 0.2) is 48.5 Å². The van der Waals surface area contributed by atoms with E-state index in [0.29, 0.717) is 12.8 Å². The number of benzene rings is 2. The molecule has 2 atom stereocenters. The maximum absolute atomic E-state index is 10.7. The summed E-state index contributed by atoms with van der Waals surface area (Å²) in [7, 11) is 0. The van der Waals surface area contributed by atoms with Gasteiger partial charge in [0.2, 0.25) is 0 Å². The summed E-state index contributed by atoms with van der Waals surface area (Å²) < 4.78 is 0. The lowest BCUT2D eigenvalue weighted by atomic mass is 9.87. The lowest BCUT2D eigenvalue weighted by Crippen LogP contribution is -2.38. The summed E-state index contributed by atoms with van der Waals surface area (Å²) in [6, 6.07) is 16.9. The number of fused-ring (bicyclic) bond motifs is 1. The average Bonchev–Trinajstić information content (AvgIpc) is 2.85. The van der Waals surface area contributed by atoms with Gasteiger partial charge in [0.05, 0.1) is 17.1 Å². The number of carboxylic acid groups (broad SMARTS) is 1. The van der Waals surface area contributed by atoms with Gasteiger partial charge in [-0.25, -0.2) is 9.97 Å². The molecule has 2 heterocycles. The Bertz CT molecular complexity index is 1140. The maximum Gasteiger partial charge on any atom is 0.303 e. The molecule has 2 aromatic carbocycles. The summed E-state index contributed by atoms with van der Waals surface area (Å²) in [4.78, 5) is 20.9. The Labute approximate surface area is 207 Å². The third-order valence-corrected chi connectivity index (χ3v) is 6.85. The van der Waals surface area contributed by atoms with Crippen LogP contribution in [0, 0.1) is 19.8 Å². The fourth-order valence-electron chi connectivity index (χ4n) is 4.73. The molecule has 0 radical (unpaired) electrons. The first-order valence-corrected chi connectivity index (χ1v) is 12.6. The number of hydrogen-bond donors (Lipinski definition) is 3. The number of aromatic nitrogens is 2. The molecule has 0 spiro atoms. The molecule has 4 rings (SSSR count). The van der Waals surface area contributed by atoms with E-state index in [1.165, 1.54) is 11.1 Å². The zero-order chi connectivity index (χ0) is 24.8. The van der Waals surface area contributed by atoms with Crippen LogP contribution in [0.4, 0.5) is 5.82 Å². The van der Waals surface area contributed by atoms with Crippen molar-refractivity contribution in [3.63, 3.8) is 0 Å². The van der Waals surface area contributed by atoms with Gasteiger partial charge >= 0.3 is 5.97 Å². The molecule has 0 bridgehead atoms. The summed E-state index contributed by atoms with van der Waals surface area (Å²) in [5.41, 5.74) is 7.08. The topological polar surface area (TPSA) is 95.3 Å². The van der Waals surface area contributed by atoms with Crippen molar-refractivity contribution < 1.29 is 15.0 Å². The molecular formula is C29H35N3O3. The highest BCUT2D eigenvalue weighted by atomic mass is 16.4. The molecule has 0 aliphatic carbocycles. The SMILES string of the molecule is Cc1ccc(-c2nc3c(nc2-c2ccc(C)cc2)NC(CCCCCCC(=O)O)C(CO)C3)cc1. The lowest BCUT2D eigenvalue weighted by molar-refractivity contribution is -0.137. The van der Waals surface area contributed by atoms with E-state index in [2.05, 4.69) is 67.7 Å². The molecule has 0 saturated carbocycles. The minimum Gasteiger partial charge on any atom is -0.481 e. The van der Waals surface area contributed by atoms with Gasteiger partial charge in [0.25, 0.3) is 0 Å². The van der Waals surface area contributed by atoms with Crippen LogP contribution in [-0.2, 0) is 11.2 Å². The standard InChI is InChI=1S/C29H35N3O3/c1-19-9-13-21(14-10-19)27-28(22-15-11-20(2)12-16-22)32-29-25(30-27)17-23(18-33)24(31-29)7-5-3-4-6-8-26(34)35/h9-16,23-24,33H,3-8,17-18H2,1-2H3,(H,31,32)(H,34,35). The number of anilines is 1. The lowest BCUT2D eigenvalue weighted by Gasteiger charge is -2.33. The molecule has 0 amide bonds. The van der Waals surface area contributed by atoms with Gasteiger partial charge in [-0.05, 0) is 26.7 Å². The van der Waals surface area contributed by atoms with Crippen molar-refractivity contribution in [2.24, 2.45) is 5.92 Å². The number of aryl methyl sites for hydroxylation is 2. The van der Waals surface area contributed by atoms with Crippen LogP contribution in [0.2, 0.25) is 0 Å². The number of aliphatic carboxylic acids is 1. The average molecular weight is 474 g/mol. The first-order valence-electron chi connectivity index (χ1n) is 12.6. The molecule has 35 heavy (non-hydrogen) atoms. The van der Waals surface area contributed by atoms with E-state index in [1.807, 2.05) is 0 Å². The number of carbonyl (C=O) groups is 1. The predicted molar refractivity (Wildman–Crippen MR) is 139 cm³/mol. The molecule has 3 aromatic rings. The van der Waals surface area contributed by atoms with E-state index >= 15 is 0 Å². The third kappa shape index (κ3) is 6.25. The second-order valence-electron chi connectivity index (χ2n) is 9.69. The predicted octanol–water partition coefficient (Wildman–Crippen LogP) is 5.80. The number of aliphatic hydroxyl groups excluding tert-OH is 1. The van der Waals surface area contributed by atoms with Crippen LogP contribution in [0.25, 0.3) is 22.5 Å². The highest BCUT2D eigenvalue weighted by Gasteiger charge is 2.30. The smallest absolute Gasteiger partial charge is 0.303 e. The Hall–Kier alpha value is -3.25. The molecule has 1 aliphatic rings. The van der Waals surface area contributed by atoms with Crippen molar-refractivity contribution in [2.45, 2.75) is 64.8 Å². The van der Waals surface area contributed by atoms with E-state index in [4.69, 9.17) is 15.1 Å². The minimum absolute atomic E-state index is 0.0758. The highest BCUT2D eigenvalue weighted by molar-refractivity contribution is 5.79. The normalized spacial score (nSPS) is 17.0. The molecule has 2 unspecified atom stereocenters.